The summed E-state index contributed by atoms with van der Waals surface area (Å²) >= 11 is 0. The Labute approximate surface area is 164 Å². The number of carbonyl (C=O) groups excluding carboxylic acids is 3. The summed E-state index contributed by atoms with van der Waals surface area (Å²) in [5.41, 5.74) is 2.94. The molecule has 7 heteroatoms. The van der Waals surface area contributed by atoms with Gasteiger partial charge in [-0.25, -0.2) is 0 Å². The van der Waals surface area contributed by atoms with Gasteiger partial charge in [0.15, 0.2) is 0 Å². The number of hydrogen-bond donors (Lipinski definition) is 2. The molecule has 3 atom stereocenters. The average molecular weight is 382 g/mol. The van der Waals surface area contributed by atoms with Gasteiger partial charge in [0.05, 0.1) is 0 Å². The van der Waals surface area contributed by atoms with Crippen LogP contribution >= 0.6 is 0 Å². The third-order valence-electron chi connectivity index (χ3n) is 6.81. The number of imide groups is 1. The number of nitrogens with zero attached hydrogens (tertiary/aromatic N) is 2. The fraction of sp³-hybridized carbons (Fsp3) is 0.571. The van der Waals surface area contributed by atoms with Gasteiger partial charge in [0, 0.05) is 50.2 Å². The van der Waals surface area contributed by atoms with E-state index < -0.39 is 6.04 Å². The molecule has 1 saturated carbocycles. The molecule has 1 unspecified atom stereocenters. The SMILES string of the molecule is O=C1CCC(N2Cc3c(CN4CCN[C@H]5CCC[C@H]54)cccc3C2=O)C(=O)N1. The number of benzene rings is 1. The first-order valence-electron chi connectivity index (χ1n) is 10.3. The normalized spacial score (nSPS) is 30.4. The summed E-state index contributed by atoms with van der Waals surface area (Å²) in [6.07, 6.45) is 4.44. The molecule has 0 radical (unpaired) electrons. The number of fused-ring (bicyclic) bond motifs is 2. The largest absolute Gasteiger partial charge is 0.322 e. The van der Waals surface area contributed by atoms with Crippen LogP contribution in [0, 0.1) is 0 Å². The number of amides is 3. The van der Waals surface area contributed by atoms with E-state index in [1.165, 1.54) is 24.8 Å². The summed E-state index contributed by atoms with van der Waals surface area (Å²) in [7, 11) is 0. The molecule has 0 aromatic heterocycles. The van der Waals surface area contributed by atoms with E-state index in [2.05, 4.69) is 21.6 Å². The lowest BCUT2D eigenvalue weighted by atomic mass is 10.0. The van der Waals surface area contributed by atoms with Crippen LogP contribution in [0.5, 0.6) is 0 Å². The molecule has 0 spiro atoms. The molecule has 7 nitrogen and oxygen atoms in total. The predicted octanol–water partition coefficient (Wildman–Crippen LogP) is 0.774. The summed E-state index contributed by atoms with van der Waals surface area (Å²) in [6.45, 7) is 3.34. The molecule has 5 rings (SSSR count). The van der Waals surface area contributed by atoms with E-state index in [0.717, 1.165) is 25.2 Å². The van der Waals surface area contributed by atoms with E-state index in [4.69, 9.17) is 0 Å². The maximum Gasteiger partial charge on any atom is 0.255 e. The van der Waals surface area contributed by atoms with Gasteiger partial charge in [0.25, 0.3) is 5.91 Å². The topological polar surface area (TPSA) is 81.8 Å². The van der Waals surface area contributed by atoms with E-state index in [9.17, 15) is 14.4 Å². The van der Waals surface area contributed by atoms with Crippen LogP contribution in [0.2, 0.25) is 0 Å². The second-order valence-electron chi connectivity index (χ2n) is 8.37. The molecule has 3 fully saturated rings. The van der Waals surface area contributed by atoms with Crippen molar-refractivity contribution in [3.63, 3.8) is 0 Å². The van der Waals surface area contributed by atoms with E-state index in [1.807, 2.05) is 12.1 Å². The molecule has 28 heavy (non-hydrogen) atoms. The number of hydrogen-bond acceptors (Lipinski definition) is 5. The zero-order valence-corrected chi connectivity index (χ0v) is 15.9. The van der Waals surface area contributed by atoms with Crippen LogP contribution in [0.15, 0.2) is 18.2 Å². The van der Waals surface area contributed by atoms with Crippen LogP contribution in [0.4, 0.5) is 0 Å². The third-order valence-corrected chi connectivity index (χ3v) is 6.81. The Hall–Kier alpha value is -2.25. The van der Waals surface area contributed by atoms with Gasteiger partial charge in [-0.05, 0) is 36.5 Å². The molecule has 148 valence electrons. The molecule has 1 aromatic carbocycles. The third kappa shape index (κ3) is 2.93. The molecule has 3 aliphatic heterocycles. The summed E-state index contributed by atoms with van der Waals surface area (Å²) in [6, 6.07) is 6.55. The monoisotopic (exact) mass is 382 g/mol. The van der Waals surface area contributed by atoms with Crippen molar-refractivity contribution >= 4 is 17.7 Å². The lowest BCUT2D eigenvalue weighted by Crippen LogP contribution is -2.54. The molecule has 3 amide bonds. The highest BCUT2D eigenvalue weighted by molar-refractivity contribution is 6.05. The van der Waals surface area contributed by atoms with Crippen molar-refractivity contribution in [1.29, 1.82) is 0 Å². The van der Waals surface area contributed by atoms with E-state index in [1.54, 1.807) is 4.90 Å². The molecule has 1 aromatic rings. The molecular weight excluding hydrogens is 356 g/mol. The van der Waals surface area contributed by atoms with Gasteiger partial charge in [0.1, 0.15) is 6.04 Å². The van der Waals surface area contributed by atoms with Crippen LogP contribution in [0.3, 0.4) is 0 Å². The Kier molecular flexibility index (Phi) is 4.44. The predicted molar refractivity (Wildman–Crippen MR) is 102 cm³/mol. The highest BCUT2D eigenvalue weighted by atomic mass is 16.2. The van der Waals surface area contributed by atoms with Crippen LogP contribution in [0.25, 0.3) is 0 Å². The fourth-order valence-electron chi connectivity index (χ4n) is 5.39. The van der Waals surface area contributed by atoms with Gasteiger partial charge in [-0.1, -0.05) is 18.6 Å². The van der Waals surface area contributed by atoms with Crippen LogP contribution < -0.4 is 10.6 Å². The van der Waals surface area contributed by atoms with Gasteiger partial charge in [0.2, 0.25) is 11.8 Å². The van der Waals surface area contributed by atoms with Crippen molar-refractivity contribution in [1.82, 2.24) is 20.4 Å². The van der Waals surface area contributed by atoms with E-state index >= 15 is 0 Å². The smallest absolute Gasteiger partial charge is 0.255 e. The number of rotatable bonds is 3. The van der Waals surface area contributed by atoms with Crippen molar-refractivity contribution in [3.05, 3.63) is 34.9 Å². The number of piperazine rings is 1. The molecule has 0 bridgehead atoms. The second kappa shape index (κ2) is 6.97. The number of piperidine rings is 1. The minimum absolute atomic E-state index is 0.0922. The maximum atomic E-state index is 13.0. The lowest BCUT2D eigenvalue weighted by molar-refractivity contribution is -0.136. The summed E-state index contributed by atoms with van der Waals surface area (Å²) in [4.78, 5) is 40.9. The number of carbonyl (C=O) groups is 3. The molecule has 2 saturated heterocycles. The highest BCUT2D eigenvalue weighted by Crippen LogP contribution is 2.32. The summed E-state index contributed by atoms with van der Waals surface area (Å²) in [5.74, 6) is -0.698. The van der Waals surface area contributed by atoms with Crippen molar-refractivity contribution in [2.75, 3.05) is 13.1 Å². The first kappa shape index (κ1) is 17.8. The van der Waals surface area contributed by atoms with Gasteiger partial charge in [-0.2, -0.15) is 0 Å². The Bertz CT molecular complexity index is 839. The standard InChI is InChI=1S/C21H26N4O3/c26-19-8-7-18(20(27)23-19)25-12-15-13(3-1-4-14(15)21(25)28)11-24-10-9-22-16-5-2-6-17(16)24/h1,3-4,16-18,22H,2,5-12H2,(H,23,26,27)/t16-,17+,18?/m0/s1. The quantitative estimate of drug-likeness (QED) is 0.755. The second-order valence-corrected chi connectivity index (χ2v) is 8.37. The Balaban J connectivity index is 1.38. The lowest BCUT2D eigenvalue weighted by Gasteiger charge is -2.38. The molecule has 4 aliphatic rings. The van der Waals surface area contributed by atoms with Gasteiger partial charge in [-0.3, -0.25) is 24.6 Å². The minimum Gasteiger partial charge on any atom is -0.322 e. The average Bonchev–Trinajstić information content (AvgIpc) is 3.28. The maximum absolute atomic E-state index is 13.0. The van der Waals surface area contributed by atoms with Crippen molar-refractivity contribution in [2.24, 2.45) is 0 Å². The molecular formula is C21H26N4O3. The van der Waals surface area contributed by atoms with Crippen LogP contribution in [-0.2, 0) is 22.7 Å². The first-order valence-corrected chi connectivity index (χ1v) is 10.3. The van der Waals surface area contributed by atoms with E-state index in [-0.39, 0.29) is 24.1 Å². The summed E-state index contributed by atoms with van der Waals surface area (Å²) in [5, 5.41) is 6.01. The first-order chi connectivity index (χ1) is 13.6. The fourth-order valence-corrected chi connectivity index (χ4v) is 5.39. The van der Waals surface area contributed by atoms with Crippen LogP contribution in [-0.4, -0.2) is 58.7 Å². The molecule has 1 aliphatic carbocycles. The van der Waals surface area contributed by atoms with Gasteiger partial charge < -0.3 is 10.2 Å². The molecule has 3 heterocycles. The highest BCUT2D eigenvalue weighted by Gasteiger charge is 2.40. The van der Waals surface area contributed by atoms with Gasteiger partial charge in [-0.15, -0.1) is 0 Å². The van der Waals surface area contributed by atoms with Gasteiger partial charge >= 0.3 is 0 Å². The van der Waals surface area contributed by atoms with Crippen molar-refractivity contribution in [2.45, 2.75) is 63.3 Å². The van der Waals surface area contributed by atoms with Crippen LogP contribution in [0.1, 0.15) is 53.6 Å². The Morgan fingerprint density at radius 1 is 1.11 bits per heavy atom. The Morgan fingerprint density at radius 3 is 2.86 bits per heavy atom. The summed E-state index contributed by atoms with van der Waals surface area (Å²) < 4.78 is 0. The van der Waals surface area contributed by atoms with Crippen molar-refractivity contribution in [3.8, 4) is 0 Å². The Morgan fingerprint density at radius 2 is 2.00 bits per heavy atom. The zero-order chi connectivity index (χ0) is 19.3. The minimum atomic E-state index is -0.552. The number of nitrogens with one attached hydrogen (secondary N) is 2. The molecule has 2 N–H and O–H groups in total. The van der Waals surface area contributed by atoms with Crippen molar-refractivity contribution < 1.29 is 14.4 Å². The zero-order valence-electron chi connectivity index (χ0n) is 15.9. The van der Waals surface area contributed by atoms with E-state index in [0.29, 0.717) is 30.6 Å².